The van der Waals surface area contributed by atoms with Gasteiger partial charge in [-0.05, 0) is 51.0 Å². The standard InChI is InChI=1S/C20H24O3/c1-10(2)14-7-6-11(3)17-15(14)9-13(5)23-20(22)16-8-12(4)19(21)18(16)17/h9,12,14-15,17H,1,3,6-8H2,2,4-5H3/b13-9-/t12-,14+,15+,17+/m1/s1. The van der Waals surface area contributed by atoms with Crippen LogP contribution in [0.3, 0.4) is 0 Å². The number of rotatable bonds is 1. The fourth-order valence-corrected chi connectivity index (χ4v) is 4.35. The van der Waals surface area contributed by atoms with E-state index in [1.807, 2.05) is 26.8 Å². The second-order valence-corrected chi connectivity index (χ2v) is 7.23. The van der Waals surface area contributed by atoms with E-state index in [4.69, 9.17) is 4.74 Å². The molecule has 0 unspecified atom stereocenters. The van der Waals surface area contributed by atoms with Crippen molar-refractivity contribution in [1.29, 1.82) is 0 Å². The number of carbonyl (C=O) groups excluding carboxylic acids is 2. The molecule has 0 aromatic carbocycles. The van der Waals surface area contributed by atoms with Gasteiger partial charge in [-0.1, -0.05) is 31.2 Å². The second-order valence-electron chi connectivity index (χ2n) is 7.23. The van der Waals surface area contributed by atoms with E-state index < -0.39 is 0 Å². The first-order chi connectivity index (χ1) is 10.8. The van der Waals surface area contributed by atoms with E-state index in [1.165, 1.54) is 0 Å². The van der Waals surface area contributed by atoms with Crippen molar-refractivity contribution in [3.8, 4) is 0 Å². The Morgan fingerprint density at radius 1 is 1.35 bits per heavy atom. The van der Waals surface area contributed by atoms with Gasteiger partial charge in [-0.2, -0.15) is 0 Å². The van der Waals surface area contributed by atoms with E-state index in [9.17, 15) is 9.59 Å². The van der Waals surface area contributed by atoms with Gasteiger partial charge < -0.3 is 4.74 Å². The maximum atomic E-state index is 12.8. The number of ether oxygens (including phenoxy) is 1. The monoisotopic (exact) mass is 312 g/mol. The summed E-state index contributed by atoms with van der Waals surface area (Å²) in [4.78, 5) is 25.2. The summed E-state index contributed by atoms with van der Waals surface area (Å²) in [7, 11) is 0. The summed E-state index contributed by atoms with van der Waals surface area (Å²) in [5.41, 5.74) is 3.39. The molecule has 1 saturated carbocycles. The van der Waals surface area contributed by atoms with Crippen LogP contribution in [0.15, 0.2) is 47.3 Å². The van der Waals surface area contributed by atoms with Gasteiger partial charge in [0.2, 0.25) is 0 Å². The number of carbonyl (C=O) groups is 2. The fraction of sp³-hybridized carbons (Fsp3) is 0.500. The second kappa shape index (κ2) is 5.63. The normalized spacial score (nSPS) is 36.5. The van der Waals surface area contributed by atoms with Crippen LogP contribution in [0.1, 0.15) is 40.0 Å². The molecule has 0 N–H and O–H groups in total. The SMILES string of the molecule is C=C1CC[C@@H](C(=C)C)[C@@H]2/C=C(/C)OC(=O)C3=C(C(=O)[C@H](C)C3)[C@@H]12. The minimum absolute atomic E-state index is 0.0827. The van der Waals surface area contributed by atoms with Crippen LogP contribution in [-0.4, -0.2) is 11.8 Å². The number of fused-ring (bicyclic) bond motifs is 2. The Morgan fingerprint density at radius 3 is 2.70 bits per heavy atom. The molecule has 0 amide bonds. The highest BCUT2D eigenvalue weighted by Gasteiger charge is 2.46. The number of allylic oxidation sites excluding steroid dienone is 5. The van der Waals surface area contributed by atoms with Gasteiger partial charge >= 0.3 is 5.97 Å². The van der Waals surface area contributed by atoms with Crippen molar-refractivity contribution < 1.29 is 14.3 Å². The summed E-state index contributed by atoms with van der Waals surface area (Å²) < 4.78 is 5.47. The average Bonchev–Trinajstić information content (AvgIpc) is 2.74. The lowest BCUT2D eigenvalue weighted by Gasteiger charge is -2.40. The summed E-state index contributed by atoms with van der Waals surface area (Å²) in [5, 5.41) is 0. The number of esters is 1. The molecule has 3 nitrogen and oxygen atoms in total. The Morgan fingerprint density at radius 2 is 2.04 bits per heavy atom. The van der Waals surface area contributed by atoms with E-state index >= 15 is 0 Å². The highest BCUT2D eigenvalue weighted by Crippen LogP contribution is 2.50. The molecule has 3 rings (SSSR count). The molecule has 1 fully saturated rings. The molecule has 0 aromatic heterocycles. The molecule has 2 aliphatic carbocycles. The van der Waals surface area contributed by atoms with Crippen LogP contribution < -0.4 is 0 Å². The van der Waals surface area contributed by atoms with Gasteiger partial charge in [-0.3, -0.25) is 4.79 Å². The van der Waals surface area contributed by atoms with Crippen LogP contribution in [0.25, 0.3) is 0 Å². The van der Waals surface area contributed by atoms with Crippen molar-refractivity contribution in [1.82, 2.24) is 0 Å². The maximum Gasteiger partial charge on any atom is 0.339 e. The molecule has 0 aromatic rings. The Balaban J connectivity index is 2.17. The van der Waals surface area contributed by atoms with Crippen LogP contribution >= 0.6 is 0 Å². The lowest BCUT2D eigenvalue weighted by atomic mass is 9.64. The quantitative estimate of drug-likeness (QED) is 0.540. The van der Waals surface area contributed by atoms with Gasteiger partial charge in [0.1, 0.15) is 5.76 Å². The number of hydrogen-bond acceptors (Lipinski definition) is 3. The van der Waals surface area contributed by atoms with Gasteiger partial charge in [0.25, 0.3) is 0 Å². The Bertz CT molecular complexity index is 677. The van der Waals surface area contributed by atoms with E-state index in [0.29, 0.717) is 23.3 Å². The molecule has 23 heavy (non-hydrogen) atoms. The summed E-state index contributed by atoms with van der Waals surface area (Å²) in [6, 6.07) is 0. The zero-order valence-corrected chi connectivity index (χ0v) is 14.1. The van der Waals surface area contributed by atoms with Crippen LogP contribution in [0.2, 0.25) is 0 Å². The van der Waals surface area contributed by atoms with E-state index in [1.54, 1.807) is 0 Å². The molecule has 122 valence electrons. The molecule has 0 saturated heterocycles. The molecular weight excluding hydrogens is 288 g/mol. The number of cyclic esters (lactones) is 1. The summed E-state index contributed by atoms with van der Waals surface area (Å²) in [6.45, 7) is 14.1. The van der Waals surface area contributed by atoms with Crippen molar-refractivity contribution in [2.45, 2.75) is 40.0 Å². The van der Waals surface area contributed by atoms with Crippen molar-refractivity contribution >= 4 is 11.8 Å². The lowest BCUT2D eigenvalue weighted by molar-refractivity contribution is -0.135. The smallest absolute Gasteiger partial charge is 0.339 e. The van der Waals surface area contributed by atoms with Gasteiger partial charge in [0, 0.05) is 23.0 Å². The Kier molecular flexibility index (Phi) is 3.91. The van der Waals surface area contributed by atoms with Gasteiger partial charge in [-0.25, -0.2) is 4.79 Å². The van der Waals surface area contributed by atoms with Crippen molar-refractivity contribution in [2.75, 3.05) is 0 Å². The maximum absolute atomic E-state index is 12.8. The fourth-order valence-electron chi connectivity index (χ4n) is 4.35. The minimum Gasteiger partial charge on any atom is -0.428 e. The topological polar surface area (TPSA) is 43.4 Å². The molecule has 0 bridgehead atoms. The molecule has 0 radical (unpaired) electrons. The van der Waals surface area contributed by atoms with Gasteiger partial charge in [-0.15, -0.1) is 0 Å². The predicted molar refractivity (Wildman–Crippen MR) is 89.3 cm³/mol. The largest absolute Gasteiger partial charge is 0.428 e. The third-order valence-electron chi connectivity index (χ3n) is 5.49. The van der Waals surface area contributed by atoms with Gasteiger partial charge in [0.15, 0.2) is 5.78 Å². The van der Waals surface area contributed by atoms with Crippen molar-refractivity contribution in [2.24, 2.45) is 23.7 Å². The zero-order valence-electron chi connectivity index (χ0n) is 14.1. The van der Waals surface area contributed by atoms with Crippen LogP contribution in [-0.2, 0) is 14.3 Å². The number of ketones is 1. The third-order valence-corrected chi connectivity index (χ3v) is 5.49. The first kappa shape index (κ1) is 16.0. The molecule has 3 heteroatoms. The Labute approximate surface area is 137 Å². The summed E-state index contributed by atoms with van der Waals surface area (Å²) in [6.07, 6.45) is 4.35. The average molecular weight is 312 g/mol. The van der Waals surface area contributed by atoms with Crippen LogP contribution in [0.5, 0.6) is 0 Å². The lowest BCUT2D eigenvalue weighted by Crippen LogP contribution is -2.34. The third kappa shape index (κ3) is 2.52. The highest BCUT2D eigenvalue weighted by atomic mass is 16.5. The highest BCUT2D eigenvalue weighted by molar-refractivity contribution is 6.09. The predicted octanol–water partition coefficient (Wildman–Crippen LogP) is 4.13. The molecule has 1 aliphatic heterocycles. The molecule has 4 atom stereocenters. The summed E-state index contributed by atoms with van der Waals surface area (Å²) >= 11 is 0. The first-order valence-corrected chi connectivity index (χ1v) is 8.32. The van der Waals surface area contributed by atoms with Gasteiger partial charge in [0.05, 0.1) is 0 Å². The molecular formula is C20H24O3. The number of hydrogen-bond donors (Lipinski definition) is 0. The van der Waals surface area contributed by atoms with E-state index in [-0.39, 0.29) is 35.4 Å². The minimum atomic E-state index is -0.366. The van der Waals surface area contributed by atoms with E-state index in [0.717, 1.165) is 24.0 Å². The van der Waals surface area contributed by atoms with Crippen molar-refractivity contribution in [3.63, 3.8) is 0 Å². The first-order valence-electron chi connectivity index (χ1n) is 8.32. The zero-order chi connectivity index (χ0) is 16.9. The van der Waals surface area contributed by atoms with Crippen molar-refractivity contribution in [3.05, 3.63) is 47.3 Å². The number of Topliss-reactive ketones (excluding diaryl/α,β-unsaturated/α-hetero) is 1. The Hall–Kier alpha value is -1.90. The molecule has 0 spiro atoms. The summed E-state index contributed by atoms with van der Waals surface area (Å²) in [5.74, 6) is 0.490. The molecule has 3 aliphatic rings. The van der Waals surface area contributed by atoms with Crippen LogP contribution in [0.4, 0.5) is 0 Å². The van der Waals surface area contributed by atoms with E-state index in [2.05, 4.69) is 13.2 Å². The molecule has 1 heterocycles. The van der Waals surface area contributed by atoms with Crippen LogP contribution in [0, 0.1) is 23.7 Å².